The molecule has 1 atom stereocenters. The summed E-state index contributed by atoms with van der Waals surface area (Å²) in [4.78, 5) is 26.3. The van der Waals surface area contributed by atoms with Crippen LogP contribution in [-0.2, 0) is 17.6 Å². The largest absolute Gasteiger partial charge is 0.350 e. The number of carbonyl (C=O) groups excluding carboxylic acids is 2. The van der Waals surface area contributed by atoms with Crippen LogP contribution in [0.5, 0.6) is 0 Å². The van der Waals surface area contributed by atoms with Crippen LogP contribution >= 0.6 is 0 Å². The first-order chi connectivity index (χ1) is 12.6. The number of carbonyl (C=O) groups is 2. The van der Waals surface area contributed by atoms with Crippen LogP contribution in [-0.4, -0.2) is 24.4 Å². The molecule has 1 N–H and O–H groups in total. The number of hydrogen-bond acceptors (Lipinski definition) is 2. The Hall–Kier alpha value is -2.62. The van der Waals surface area contributed by atoms with E-state index in [1.807, 2.05) is 55.1 Å². The van der Waals surface area contributed by atoms with Crippen molar-refractivity contribution in [1.29, 1.82) is 0 Å². The maximum absolute atomic E-state index is 12.5. The van der Waals surface area contributed by atoms with Crippen molar-refractivity contribution in [2.75, 3.05) is 11.4 Å². The van der Waals surface area contributed by atoms with Crippen molar-refractivity contribution in [3.63, 3.8) is 0 Å². The van der Waals surface area contributed by atoms with Crippen molar-refractivity contribution < 1.29 is 9.59 Å². The average molecular weight is 350 g/mol. The maximum Gasteiger partial charge on any atom is 0.251 e. The first-order valence-electron chi connectivity index (χ1n) is 9.36. The highest BCUT2D eigenvalue weighted by molar-refractivity contribution is 5.98. The van der Waals surface area contributed by atoms with Gasteiger partial charge < -0.3 is 10.2 Å². The van der Waals surface area contributed by atoms with Gasteiger partial charge in [0.25, 0.3) is 5.91 Å². The van der Waals surface area contributed by atoms with Gasteiger partial charge >= 0.3 is 0 Å². The van der Waals surface area contributed by atoms with E-state index >= 15 is 0 Å². The Morgan fingerprint density at radius 2 is 1.92 bits per heavy atom. The summed E-state index contributed by atoms with van der Waals surface area (Å²) in [5.41, 5.74) is 3.98. The number of aryl methyl sites for hydroxylation is 1. The third kappa shape index (κ3) is 4.13. The summed E-state index contributed by atoms with van der Waals surface area (Å²) < 4.78 is 0. The Kier molecular flexibility index (Phi) is 5.71. The molecule has 4 heteroatoms. The number of nitrogens with one attached hydrogen (secondary N) is 1. The number of fused-ring (bicyclic) bond motifs is 1. The van der Waals surface area contributed by atoms with Gasteiger partial charge in [-0.2, -0.15) is 0 Å². The number of hydrogen-bond donors (Lipinski definition) is 1. The van der Waals surface area contributed by atoms with Crippen molar-refractivity contribution >= 4 is 17.5 Å². The van der Waals surface area contributed by atoms with Gasteiger partial charge in [-0.25, -0.2) is 0 Å². The molecule has 1 aliphatic heterocycles. The fraction of sp³-hybridized carbons (Fsp3) is 0.364. The van der Waals surface area contributed by atoms with Gasteiger partial charge in [-0.3, -0.25) is 9.59 Å². The Balaban J connectivity index is 1.59. The normalized spacial score (nSPS) is 14.0. The van der Waals surface area contributed by atoms with Crippen LogP contribution in [0.25, 0.3) is 0 Å². The van der Waals surface area contributed by atoms with Gasteiger partial charge in [0.1, 0.15) is 0 Å². The minimum atomic E-state index is -0.0476. The lowest BCUT2D eigenvalue weighted by Crippen LogP contribution is -2.33. The highest BCUT2D eigenvalue weighted by atomic mass is 16.2. The number of nitrogens with zero attached hydrogens (tertiary/aromatic N) is 1. The Morgan fingerprint density at radius 3 is 2.65 bits per heavy atom. The quantitative estimate of drug-likeness (QED) is 0.863. The molecule has 2 aromatic carbocycles. The molecule has 0 aromatic heterocycles. The summed E-state index contributed by atoms with van der Waals surface area (Å²) in [6, 6.07) is 16.1. The van der Waals surface area contributed by atoms with Gasteiger partial charge in [0.15, 0.2) is 0 Å². The molecule has 136 valence electrons. The number of benzene rings is 2. The molecule has 0 bridgehead atoms. The third-order valence-corrected chi connectivity index (χ3v) is 4.93. The molecule has 1 aliphatic rings. The lowest BCUT2D eigenvalue weighted by atomic mass is 10.0. The van der Waals surface area contributed by atoms with Crippen molar-refractivity contribution in [3.05, 3.63) is 65.2 Å². The van der Waals surface area contributed by atoms with Crippen molar-refractivity contribution in [1.82, 2.24) is 5.32 Å². The zero-order chi connectivity index (χ0) is 18.5. The van der Waals surface area contributed by atoms with E-state index in [0.717, 1.165) is 30.5 Å². The standard InChI is InChI=1S/C22H26N2O2/c1-3-21(25)24-14-13-18-15-19(11-12-20(18)24)22(26)23-16(2)9-10-17-7-5-4-6-8-17/h4-8,11-12,15-16H,3,9-10,13-14H2,1-2H3,(H,23,26). The highest BCUT2D eigenvalue weighted by Crippen LogP contribution is 2.29. The summed E-state index contributed by atoms with van der Waals surface area (Å²) in [6.07, 6.45) is 3.16. The van der Waals surface area contributed by atoms with Gasteiger partial charge in [-0.1, -0.05) is 37.3 Å². The van der Waals surface area contributed by atoms with Crippen molar-refractivity contribution in [3.8, 4) is 0 Å². The summed E-state index contributed by atoms with van der Waals surface area (Å²) >= 11 is 0. The minimum absolute atomic E-state index is 0.0476. The summed E-state index contributed by atoms with van der Waals surface area (Å²) in [5, 5.41) is 3.08. The molecule has 0 spiro atoms. The van der Waals surface area contributed by atoms with Crippen LogP contribution in [0.3, 0.4) is 0 Å². The molecule has 2 aromatic rings. The van der Waals surface area contributed by atoms with E-state index in [-0.39, 0.29) is 17.9 Å². The lowest BCUT2D eigenvalue weighted by molar-refractivity contribution is -0.118. The van der Waals surface area contributed by atoms with E-state index in [1.54, 1.807) is 0 Å². The molecule has 0 radical (unpaired) electrons. The predicted molar refractivity (Wildman–Crippen MR) is 104 cm³/mol. The molecule has 0 saturated heterocycles. The zero-order valence-corrected chi connectivity index (χ0v) is 15.5. The Morgan fingerprint density at radius 1 is 1.15 bits per heavy atom. The van der Waals surface area contributed by atoms with Gasteiger partial charge in [0, 0.05) is 30.3 Å². The van der Waals surface area contributed by atoms with Gasteiger partial charge in [0.05, 0.1) is 0 Å². The van der Waals surface area contributed by atoms with E-state index in [0.29, 0.717) is 18.5 Å². The van der Waals surface area contributed by atoms with Gasteiger partial charge in [-0.05, 0) is 55.5 Å². The fourth-order valence-corrected chi connectivity index (χ4v) is 3.40. The topological polar surface area (TPSA) is 49.4 Å². The molecule has 26 heavy (non-hydrogen) atoms. The molecule has 2 amide bonds. The number of anilines is 1. The first kappa shape index (κ1) is 18.2. The smallest absolute Gasteiger partial charge is 0.251 e. The summed E-state index contributed by atoms with van der Waals surface area (Å²) in [5.74, 6) is 0.0871. The second-order valence-electron chi connectivity index (χ2n) is 6.89. The highest BCUT2D eigenvalue weighted by Gasteiger charge is 2.24. The van der Waals surface area contributed by atoms with Crippen LogP contribution in [0.4, 0.5) is 5.69 Å². The van der Waals surface area contributed by atoms with E-state index in [4.69, 9.17) is 0 Å². The molecule has 0 aliphatic carbocycles. The first-order valence-corrected chi connectivity index (χ1v) is 9.36. The molecule has 1 unspecified atom stereocenters. The molecule has 0 saturated carbocycles. The van der Waals surface area contributed by atoms with Gasteiger partial charge in [-0.15, -0.1) is 0 Å². The van der Waals surface area contributed by atoms with Crippen LogP contribution in [0.15, 0.2) is 48.5 Å². The molecule has 0 fully saturated rings. The maximum atomic E-state index is 12.5. The molecule has 4 nitrogen and oxygen atoms in total. The van der Waals surface area contributed by atoms with Crippen LogP contribution in [0.2, 0.25) is 0 Å². The summed E-state index contributed by atoms with van der Waals surface area (Å²) in [7, 11) is 0. The monoisotopic (exact) mass is 350 g/mol. The van der Waals surface area contributed by atoms with Crippen molar-refractivity contribution in [2.24, 2.45) is 0 Å². The summed E-state index contributed by atoms with van der Waals surface area (Å²) in [6.45, 7) is 4.62. The number of rotatable bonds is 6. The zero-order valence-electron chi connectivity index (χ0n) is 15.5. The molecule has 1 heterocycles. The van der Waals surface area contributed by atoms with E-state index in [9.17, 15) is 9.59 Å². The second-order valence-corrected chi connectivity index (χ2v) is 6.89. The SMILES string of the molecule is CCC(=O)N1CCc2cc(C(=O)NC(C)CCc3ccccc3)ccc21. The molecular weight excluding hydrogens is 324 g/mol. The third-order valence-electron chi connectivity index (χ3n) is 4.93. The fourth-order valence-electron chi connectivity index (χ4n) is 3.40. The average Bonchev–Trinajstić information content (AvgIpc) is 3.09. The Bertz CT molecular complexity index is 786. The second kappa shape index (κ2) is 8.17. The predicted octanol–water partition coefficient (Wildman–Crippen LogP) is 3.74. The molecular formula is C22H26N2O2. The van der Waals surface area contributed by atoms with E-state index in [2.05, 4.69) is 17.4 Å². The van der Waals surface area contributed by atoms with Crippen LogP contribution in [0.1, 0.15) is 48.2 Å². The Labute approximate surface area is 155 Å². The number of amides is 2. The lowest BCUT2D eigenvalue weighted by Gasteiger charge is -2.17. The van der Waals surface area contributed by atoms with Crippen LogP contribution < -0.4 is 10.2 Å². The van der Waals surface area contributed by atoms with Crippen LogP contribution in [0, 0.1) is 0 Å². The van der Waals surface area contributed by atoms with Gasteiger partial charge in [0.2, 0.25) is 5.91 Å². The molecule has 3 rings (SSSR count). The van der Waals surface area contributed by atoms with E-state index in [1.165, 1.54) is 5.56 Å². The van der Waals surface area contributed by atoms with E-state index < -0.39 is 0 Å². The van der Waals surface area contributed by atoms with Crippen molar-refractivity contribution in [2.45, 2.75) is 45.6 Å². The minimum Gasteiger partial charge on any atom is -0.350 e.